The summed E-state index contributed by atoms with van der Waals surface area (Å²) in [6.07, 6.45) is 2.58. The number of furan rings is 1. The lowest BCUT2D eigenvalue weighted by Gasteiger charge is -2.08. The molecule has 0 aliphatic rings. The minimum absolute atomic E-state index is 0.115. The molecular formula is C12H12BrClOS. The van der Waals surface area contributed by atoms with Crippen LogP contribution in [0.5, 0.6) is 0 Å². The van der Waals surface area contributed by atoms with E-state index in [9.17, 15) is 0 Å². The normalized spacial score (nSPS) is 13.0. The Morgan fingerprint density at radius 2 is 2.25 bits per heavy atom. The molecule has 1 nitrogen and oxygen atoms in total. The van der Waals surface area contributed by atoms with Gasteiger partial charge < -0.3 is 4.42 Å². The van der Waals surface area contributed by atoms with E-state index in [-0.39, 0.29) is 5.38 Å². The van der Waals surface area contributed by atoms with Crippen molar-refractivity contribution in [1.29, 1.82) is 0 Å². The number of aryl methyl sites for hydroxylation is 2. The van der Waals surface area contributed by atoms with Crippen molar-refractivity contribution in [2.75, 3.05) is 0 Å². The molecular weight excluding hydrogens is 308 g/mol. The molecule has 16 heavy (non-hydrogen) atoms. The molecule has 0 amide bonds. The topological polar surface area (TPSA) is 13.1 Å². The quantitative estimate of drug-likeness (QED) is 0.699. The predicted octanol–water partition coefficient (Wildman–Crippen LogP) is 5.30. The number of hydrogen-bond acceptors (Lipinski definition) is 2. The Hall–Kier alpha value is -0.250. The van der Waals surface area contributed by atoms with Gasteiger partial charge in [-0.3, -0.25) is 0 Å². The molecule has 0 bridgehead atoms. The molecule has 1 atom stereocenters. The molecule has 0 spiro atoms. The summed E-state index contributed by atoms with van der Waals surface area (Å²) in [4.78, 5) is 1.25. The monoisotopic (exact) mass is 318 g/mol. The molecule has 0 saturated carbocycles. The van der Waals surface area contributed by atoms with Gasteiger partial charge in [-0.05, 0) is 40.5 Å². The maximum Gasteiger partial charge on any atom is 0.108 e. The van der Waals surface area contributed by atoms with E-state index < -0.39 is 0 Å². The average Bonchev–Trinajstić information content (AvgIpc) is 2.83. The average molecular weight is 320 g/mol. The molecule has 0 fully saturated rings. The third-order valence-corrected chi connectivity index (χ3v) is 4.61. The van der Waals surface area contributed by atoms with E-state index in [4.69, 9.17) is 16.0 Å². The SMILES string of the molecule is CCc1occc1C(Cl)c1cc(Br)sc1C. The van der Waals surface area contributed by atoms with E-state index >= 15 is 0 Å². The first kappa shape index (κ1) is 12.2. The van der Waals surface area contributed by atoms with Gasteiger partial charge in [-0.25, -0.2) is 0 Å². The predicted molar refractivity (Wildman–Crippen MR) is 72.5 cm³/mol. The van der Waals surface area contributed by atoms with Crippen molar-refractivity contribution >= 4 is 38.9 Å². The summed E-state index contributed by atoms with van der Waals surface area (Å²) in [7, 11) is 0. The number of rotatable bonds is 3. The van der Waals surface area contributed by atoms with E-state index in [1.807, 2.05) is 6.07 Å². The molecule has 86 valence electrons. The first-order valence-electron chi connectivity index (χ1n) is 5.09. The zero-order valence-electron chi connectivity index (χ0n) is 9.09. The molecule has 1 unspecified atom stereocenters. The van der Waals surface area contributed by atoms with E-state index in [1.54, 1.807) is 17.6 Å². The van der Waals surface area contributed by atoms with Crippen molar-refractivity contribution in [2.45, 2.75) is 25.6 Å². The van der Waals surface area contributed by atoms with Crippen LogP contribution in [0.1, 0.15) is 34.1 Å². The van der Waals surface area contributed by atoms with Gasteiger partial charge in [0.2, 0.25) is 0 Å². The second kappa shape index (κ2) is 4.94. The standard InChI is InChI=1S/C12H12BrClOS/c1-3-10-8(4-5-15-10)12(14)9-6-11(13)16-7(9)2/h4-6,12H,3H2,1-2H3. The van der Waals surface area contributed by atoms with Gasteiger partial charge in [0, 0.05) is 16.9 Å². The van der Waals surface area contributed by atoms with Crippen LogP contribution in [0.3, 0.4) is 0 Å². The van der Waals surface area contributed by atoms with Crippen LogP contribution >= 0.6 is 38.9 Å². The highest BCUT2D eigenvalue weighted by molar-refractivity contribution is 9.11. The fraction of sp³-hybridized carbons (Fsp3) is 0.333. The molecule has 0 aliphatic carbocycles. The van der Waals surface area contributed by atoms with Gasteiger partial charge in [-0.15, -0.1) is 22.9 Å². The van der Waals surface area contributed by atoms with Crippen molar-refractivity contribution in [3.63, 3.8) is 0 Å². The Bertz CT molecular complexity index is 489. The van der Waals surface area contributed by atoms with Crippen LogP contribution in [0, 0.1) is 6.92 Å². The van der Waals surface area contributed by atoms with Gasteiger partial charge in [0.05, 0.1) is 15.4 Å². The van der Waals surface area contributed by atoms with Gasteiger partial charge in [0.15, 0.2) is 0 Å². The smallest absolute Gasteiger partial charge is 0.108 e. The zero-order chi connectivity index (χ0) is 11.7. The fourth-order valence-electron chi connectivity index (χ4n) is 1.74. The summed E-state index contributed by atoms with van der Waals surface area (Å²) in [5.74, 6) is 0.974. The van der Waals surface area contributed by atoms with Crippen LogP contribution in [0.15, 0.2) is 26.6 Å². The maximum absolute atomic E-state index is 6.50. The van der Waals surface area contributed by atoms with E-state index in [0.29, 0.717) is 0 Å². The Morgan fingerprint density at radius 3 is 2.81 bits per heavy atom. The highest BCUT2D eigenvalue weighted by atomic mass is 79.9. The molecule has 2 aromatic rings. The van der Waals surface area contributed by atoms with Crippen LogP contribution in [-0.4, -0.2) is 0 Å². The van der Waals surface area contributed by atoms with Crippen molar-refractivity contribution in [3.8, 4) is 0 Å². The third kappa shape index (κ3) is 2.22. The number of halogens is 2. The minimum atomic E-state index is -0.115. The molecule has 2 aromatic heterocycles. The lowest BCUT2D eigenvalue weighted by atomic mass is 10.1. The molecule has 0 aromatic carbocycles. The van der Waals surface area contributed by atoms with Crippen molar-refractivity contribution in [1.82, 2.24) is 0 Å². The summed E-state index contributed by atoms with van der Waals surface area (Å²) in [5.41, 5.74) is 2.24. The molecule has 0 aliphatic heterocycles. The summed E-state index contributed by atoms with van der Waals surface area (Å²) >= 11 is 11.7. The van der Waals surface area contributed by atoms with Gasteiger partial charge in [0.25, 0.3) is 0 Å². The summed E-state index contributed by atoms with van der Waals surface area (Å²) in [6, 6.07) is 4.05. The molecule has 4 heteroatoms. The molecule has 2 heterocycles. The number of hydrogen-bond donors (Lipinski definition) is 0. The maximum atomic E-state index is 6.50. The minimum Gasteiger partial charge on any atom is -0.469 e. The van der Waals surface area contributed by atoms with Crippen molar-refractivity contribution in [3.05, 3.63) is 43.9 Å². The van der Waals surface area contributed by atoms with E-state index in [2.05, 4.69) is 35.8 Å². The molecule has 2 rings (SSSR count). The van der Waals surface area contributed by atoms with Gasteiger partial charge in [0.1, 0.15) is 5.76 Å². The Balaban J connectivity index is 2.38. The van der Waals surface area contributed by atoms with Gasteiger partial charge in [-0.1, -0.05) is 6.92 Å². The third-order valence-electron chi connectivity index (χ3n) is 2.57. The largest absolute Gasteiger partial charge is 0.469 e. The van der Waals surface area contributed by atoms with Gasteiger partial charge in [-0.2, -0.15) is 0 Å². The number of alkyl halides is 1. The highest BCUT2D eigenvalue weighted by Crippen LogP contribution is 2.38. The fourth-order valence-corrected chi connectivity index (χ4v) is 3.98. The summed E-state index contributed by atoms with van der Waals surface area (Å²) in [5, 5.41) is -0.115. The summed E-state index contributed by atoms with van der Waals surface area (Å²) in [6.45, 7) is 4.16. The molecule has 0 saturated heterocycles. The van der Waals surface area contributed by atoms with Crippen LogP contribution < -0.4 is 0 Å². The first-order valence-corrected chi connectivity index (χ1v) is 7.14. The Kier molecular flexibility index (Phi) is 3.77. The van der Waals surface area contributed by atoms with Crippen LogP contribution in [-0.2, 0) is 6.42 Å². The van der Waals surface area contributed by atoms with Crippen molar-refractivity contribution in [2.24, 2.45) is 0 Å². The Labute approximate surface area is 113 Å². The Morgan fingerprint density at radius 1 is 1.50 bits per heavy atom. The van der Waals surface area contributed by atoms with E-state index in [0.717, 1.165) is 27.1 Å². The van der Waals surface area contributed by atoms with E-state index in [1.165, 1.54) is 4.88 Å². The number of thiophene rings is 1. The highest BCUT2D eigenvalue weighted by Gasteiger charge is 2.19. The van der Waals surface area contributed by atoms with Crippen LogP contribution in [0.2, 0.25) is 0 Å². The second-order valence-corrected chi connectivity index (χ2v) is 6.65. The second-order valence-electron chi connectivity index (χ2n) is 3.58. The zero-order valence-corrected chi connectivity index (χ0v) is 12.2. The van der Waals surface area contributed by atoms with Crippen LogP contribution in [0.4, 0.5) is 0 Å². The van der Waals surface area contributed by atoms with Crippen LogP contribution in [0.25, 0.3) is 0 Å². The lowest BCUT2D eigenvalue weighted by Crippen LogP contribution is -1.95. The first-order chi connectivity index (χ1) is 7.63. The van der Waals surface area contributed by atoms with Crippen molar-refractivity contribution < 1.29 is 4.42 Å². The van der Waals surface area contributed by atoms with Gasteiger partial charge >= 0.3 is 0 Å². The lowest BCUT2D eigenvalue weighted by molar-refractivity contribution is 0.512. The molecule has 0 N–H and O–H groups in total. The summed E-state index contributed by atoms with van der Waals surface area (Å²) < 4.78 is 6.53. The molecule has 0 radical (unpaired) electrons.